The topological polar surface area (TPSA) is 0 Å². The van der Waals surface area contributed by atoms with E-state index in [1.807, 2.05) is 0 Å². The van der Waals surface area contributed by atoms with Crippen molar-refractivity contribution < 1.29 is 24.8 Å². The molecule has 0 saturated carbocycles. The predicted molar refractivity (Wildman–Crippen MR) is 90.2 cm³/mol. The van der Waals surface area contributed by atoms with Crippen molar-refractivity contribution in [2.24, 2.45) is 11.8 Å². The van der Waals surface area contributed by atoms with Crippen molar-refractivity contribution in [2.75, 3.05) is 0 Å². The van der Waals surface area contributed by atoms with E-state index in [0.29, 0.717) is 0 Å². The maximum Gasteiger partial charge on any atom is -1.00 e. The van der Waals surface area contributed by atoms with Gasteiger partial charge in [-0.2, -0.15) is 0 Å². The van der Waals surface area contributed by atoms with Gasteiger partial charge in [0.05, 0.1) is 0 Å². The maximum atomic E-state index is 2.31. The van der Waals surface area contributed by atoms with E-state index < -0.39 is 0 Å². The summed E-state index contributed by atoms with van der Waals surface area (Å²) >= 11 is 1.57. The summed E-state index contributed by atoms with van der Waals surface area (Å²) in [4.78, 5) is 0. The smallest absolute Gasteiger partial charge is 1.00 e. The van der Waals surface area contributed by atoms with Crippen LogP contribution in [-0.4, -0.2) is 30.4 Å². The summed E-state index contributed by atoms with van der Waals surface area (Å²) in [6.45, 7) is 13.8. The van der Waals surface area contributed by atoms with Crippen LogP contribution in [0.2, 0.25) is 21.1 Å². The van der Waals surface area contributed by atoms with Crippen LogP contribution in [-0.2, 0) is 0 Å². The summed E-state index contributed by atoms with van der Waals surface area (Å²) in [5.74, 6) is 1.86. The second-order valence-corrected chi connectivity index (χ2v) is 9.37. The fraction of sp³-hybridized carbons (Fsp3) is 1.00. The number of hydrogen-bond acceptors (Lipinski definition) is 0. The summed E-state index contributed by atoms with van der Waals surface area (Å²) in [7, 11) is 0. The van der Waals surface area contributed by atoms with Gasteiger partial charge in [0.2, 0.25) is 0 Å². The Morgan fingerprint density at radius 2 is 1.00 bits per heavy atom. The molecule has 4 heteroatoms. The second kappa shape index (κ2) is 25.6. The third kappa shape index (κ3) is 36.7. The van der Waals surface area contributed by atoms with Crippen molar-refractivity contribution in [3.8, 4) is 0 Å². The molecule has 120 valence electrons. The van der Waals surface area contributed by atoms with Gasteiger partial charge in [0.25, 0.3) is 0 Å². The molecule has 20 heavy (non-hydrogen) atoms. The fourth-order valence-corrected chi connectivity index (χ4v) is 4.81. The van der Waals surface area contributed by atoms with Crippen molar-refractivity contribution in [3.05, 3.63) is 0 Å². The molecular weight excluding hydrogens is 317 g/mol. The first-order valence-electron chi connectivity index (χ1n) is 8.17. The molecule has 0 aliphatic carbocycles. The number of rotatable bonds is 10. The first-order valence-corrected chi connectivity index (χ1v) is 11.4. The zero-order valence-corrected chi connectivity index (χ0v) is 18.5. The monoisotopic (exact) mass is 352 g/mol. The summed E-state index contributed by atoms with van der Waals surface area (Å²) in [5, 5.41) is 6.04. The molecule has 0 rings (SSSR count). The quantitative estimate of drug-likeness (QED) is 0.382. The number of unbranched alkanes of at least 4 members (excludes halogenated alkanes) is 2. The minimum Gasteiger partial charge on any atom is -1.00 e. The van der Waals surface area contributed by atoms with Gasteiger partial charge < -0.3 is 24.8 Å². The Hall–Kier alpha value is 1.64. The normalized spacial score (nSPS) is 8.80. The molecule has 0 heterocycles. The van der Waals surface area contributed by atoms with Crippen LogP contribution in [0.3, 0.4) is 0 Å². The molecule has 0 aliphatic rings. The van der Waals surface area contributed by atoms with E-state index in [0.717, 1.165) is 42.3 Å². The summed E-state index contributed by atoms with van der Waals surface area (Å²) in [6, 6.07) is 0. The van der Waals surface area contributed by atoms with E-state index in [2.05, 4.69) is 41.5 Å². The van der Waals surface area contributed by atoms with E-state index in [1.165, 1.54) is 46.8 Å². The van der Waals surface area contributed by atoms with Crippen LogP contribution in [0.1, 0.15) is 67.2 Å². The number of halogens is 2. The fourth-order valence-electron chi connectivity index (χ4n) is 1.60. The van der Waals surface area contributed by atoms with Crippen molar-refractivity contribution in [1.82, 2.24) is 0 Å². The van der Waals surface area contributed by atoms with Gasteiger partial charge in [0.15, 0.2) is 0 Å². The Morgan fingerprint density at radius 1 is 0.650 bits per heavy atom. The van der Waals surface area contributed by atoms with Crippen LogP contribution in [0.5, 0.6) is 0 Å². The van der Waals surface area contributed by atoms with Crippen LogP contribution in [0.4, 0.5) is 0 Å². The van der Waals surface area contributed by atoms with E-state index in [1.54, 1.807) is 0 Å². The Labute approximate surface area is 154 Å². The van der Waals surface area contributed by atoms with E-state index >= 15 is 0 Å². The molecule has 0 aromatic carbocycles. The first kappa shape index (κ1) is 29.6. The third-order valence-corrected chi connectivity index (χ3v) is 6.99. The van der Waals surface area contributed by atoms with Crippen molar-refractivity contribution >= 4 is 30.4 Å². The van der Waals surface area contributed by atoms with Gasteiger partial charge in [-0.3, -0.25) is 0 Å². The maximum absolute atomic E-state index is 2.31. The zero-order valence-electron chi connectivity index (χ0n) is 14.7. The Morgan fingerprint density at radius 3 is 1.25 bits per heavy atom. The molecule has 0 radical (unpaired) electrons. The minimum atomic E-state index is 0. The molecule has 0 aromatic heterocycles. The molecule has 0 bridgehead atoms. The van der Waals surface area contributed by atoms with Crippen LogP contribution in [0, 0.1) is 11.8 Å². The second-order valence-electron chi connectivity index (χ2n) is 6.12. The van der Waals surface area contributed by atoms with Gasteiger partial charge in [-0.05, 0) is 0 Å². The summed E-state index contributed by atoms with van der Waals surface area (Å²) in [5.41, 5.74) is 0. The van der Waals surface area contributed by atoms with Gasteiger partial charge in [0, 0.05) is 0 Å². The Bertz CT molecular complexity index is 128. The van der Waals surface area contributed by atoms with Crippen LogP contribution in [0.15, 0.2) is 0 Å². The van der Waals surface area contributed by atoms with Gasteiger partial charge in [-0.15, -0.1) is 0 Å². The third-order valence-electron chi connectivity index (χ3n) is 2.80. The molecule has 0 fully saturated rings. The number of hydrogen-bond donors (Lipinski definition) is 0. The standard InChI is InChI=1S/4C4H9.2Al.2ClH/c2*1-4(2)3;2*1-3-4-2;;;;/h2*4H,1H2,2-3H3;2*1,3-4H2,2H3;;;2*1H/q;;;;2*+1;;/p-2. The molecular formula is C16H36Al2Cl2. The molecule has 0 N–H and O–H groups in total. The van der Waals surface area contributed by atoms with Crippen molar-refractivity contribution in [2.45, 2.75) is 88.4 Å². The van der Waals surface area contributed by atoms with Crippen LogP contribution in [0.25, 0.3) is 0 Å². The van der Waals surface area contributed by atoms with Crippen molar-refractivity contribution in [1.29, 1.82) is 0 Å². The average Bonchev–Trinajstić information content (AvgIpc) is 2.29. The molecule has 0 saturated heterocycles. The molecule has 0 nitrogen and oxygen atoms in total. The minimum absolute atomic E-state index is 0. The van der Waals surface area contributed by atoms with Gasteiger partial charge in [-0.1, -0.05) is 0 Å². The van der Waals surface area contributed by atoms with Crippen molar-refractivity contribution in [3.63, 3.8) is 0 Å². The molecule has 0 aromatic rings. The summed E-state index contributed by atoms with van der Waals surface area (Å²) < 4.78 is 0. The molecule has 0 amide bonds. The van der Waals surface area contributed by atoms with Crippen LogP contribution >= 0.6 is 0 Å². The van der Waals surface area contributed by atoms with Crippen LogP contribution < -0.4 is 24.8 Å². The molecule has 0 aliphatic heterocycles. The van der Waals surface area contributed by atoms with E-state index in [-0.39, 0.29) is 24.8 Å². The Balaban J connectivity index is -0.000000116. The van der Waals surface area contributed by atoms with Gasteiger partial charge in [-0.25, -0.2) is 0 Å². The summed E-state index contributed by atoms with van der Waals surface area (Å²) in [6.07, 6.45) is 5.72. The Kier molecular flexibility index (Phi) is 37.9. The molecule has 0 atom stereocenters. The largest absolute Gasteiger partial charge is 1.00 e. The van der Waals surface area contributed by atoms with Gasteiger partial charge >= 0.3 is 131 Å². The molecule has 0 unspecified atom stereocenters. The first-order chi connectivity index (χ1) is 8.54. The average molecular weight is 353 g/mol. The molecule has 0 spiro atoms. The van der Waals surface area contributed by atoms with E-state index in [4.69, 9.17) is 0 Å². The SMILES string of the molecule is CC(C)[CH2][Al+][CH2]C(C)C.CCC[CH2][Al+][CH2]CCC.[Cl-].[Cl-]. The zero-order chi connectivity index (χ0) is 14.2. The van der Waals surface area contributed by atoms with Gasteiger partial charge in [0.1, 0.15) is 0 Å². The predicted octanol–water partition coefficient (Wildman–Crippen LogP) is -0.0254. The van der Waals surface area contributed by atoms with E-state index in [9.17, 15) is 0 Å².